The van der Waals surface area contributed by atoms with Crippen molar-refractivity contribution in [2.75, 3.05) is 30.7 Å². The van der Waals surface area contributed by atoms with Crippen LogP contribution >= 0.6 is 0 Å². The first kappa shape index (κ1) is 28.6. The van der Waals surface area contributed by atoms with Gasteiger partial charge in [-0.15, -0.1) is 0 Å². The molecule has 11 nitrogen and oxygen atoms in total. The smallest absolute Gasteiger partial charge is 0.410 e. The maximum atomic E-state index is 12.8. The number of carbonyl (C=O) groups excluding carboxylic acids is 2. The van der Waals surface area contributed by atoms with Gasteiger partial charge in [0.25, 0.3) is 5.91 Å². The van der Waals surface area contributed by atoms with Gasteiger partial charge in [-0.2, -0.15) is 0 Å². The van der Waals surface area contributed by atoms with Gasteiger partial charge in [-0.3, -0.25) is 14.1 Å². The first-order valence-corrected chi connectivity index (χ1v) is 14.9. The number of anilines is 2. The Morgan fingerprint density at radius 2 is 1.74 bits per heavy atom. The molecule has 2 fully saturated rings. The van der Waals surface area contributed by atoms with Crippen LogP contribution in [0.1, 0.15) is 68.7 Å². The summed E-state index contributed by atoms with van der Waals surface area (Å²) in [6.45, 7) is 8.01. The molecular weight excluding hydrogens is 544 g/mol. The molecule has 0 radical (unpaired) electrons. The lowest BCUT2D eigenvalue weighted by atomic mass is 10.0. The number of hydrogen-bond acceptors (Lipinski definition) is 8. The van der Waals surface area contributed by atoms with Gasteiger partial charge in [-0.25, -0.2) is 19.7 Å². The van der Waals surface area contributed by atoms with E-state index in [1.54, 1.807) is 36.7 Å². The largest absolute Gasteiger partial charge is 0.444 e. The maximum Gasteiger partial charge on any atom is 0.410 e. The van der Waals surface area contributed by atoms with Gasteiger partial charge in [0.05, 0.1) is 6.04 Å². The van der Waals surface area contributed by atoms with E-state index in [9.17, 15) is 9.59 Å². The first-order chi connectivity index (χ1) is 20.7. The van der Waals surface area contributed by atoms with E-state index < -0.39 is 5.60 Å². The monoisotopic (exact) mass is 582 g/mol. The van der Waals surface area contributed by atoms with E-state index in [-0.39, 0.29) is 18.0 Å². The molecule has 0 saturated carbocycles. The second kappa shape index (κ2) is 11.6. The molecular formula is C32H38N8O3. The van der Waals surface area contributed by atoms with Gasteiger partial charge in [0.2, 0.25) is 0 Å². The summed E-state index contributed by atoms with van der Waals surface area (Å²) in [6, 6.07) is 13.2. The van der Waals surface area contributed by atoms with Crippen LogP contribution in [0.2, 0.25) is 0 Å². The number of fused-ring (bicyclic) bond motifs is 1. The third-order valence-corrected chi connectivity index (χ3v) is 8.11. The molecule has 3 aromatic heterocycles. The molecule has 6 rings (SSSR count). The molecule has 43 heavy (non-hydrogen) atoms. The summed E-state index contributed by atoms with van der Waals surface area (Å²) in [5.74, 6) is 1.60. The number of imidazole rings is 1. The Labute approximate surface area is 251 Å². The van der Waals surface area contributed by atoms with E-state index >= 15 is 0 Å². The van der Waals surface area contributed by atoms with E-state index in [1.165, 1.54) is 0 Å². The van der Waals surface area contributed by atoms with Crippen LogP contribution in [0, 0.1) is 0 Å². The lowest BCUT2D eigenvalue weighted by molar-refractivity contribution is 0.0131. The van der Waals surface area contributed by atoms with Crippen molar-refractivity contribution in [3.8, 4) is 11.3 Å². The number of nitrogens with one attached hydrogen (secondary N) is 1. The van der Waals surface area contributed by atoms with E-state index in [0.29, 0.717) is 36.3 Å². The zero-order valence-electron chi connectivity index (χ0n) is 24.9. The fourth-order valence-electron chi connectivity index (χ4n) is 6.14. The molecule has 2 amide bonds. The number of rotatable bonds is 5. The van der Waals surface area contributed by atoms with Crippen LogP contribution in [0.15, 0.2) is 61.1 Å². The van der Waals surface area contributed by atoms with E-state index in [4.69, 9.17) is 15.5 Å². The zero-order chi connectivity index (χ0) is 30.1. The fourth-order valence-corrected chi connectivity index (χ4v) is 6.14. The molecule has 4 aromatic rings. The van der Waals surface area contributed by atoms with E-state index in [0.717, 1.165) is 54.8 Å². The lowest BCUT2D eigenvalue weighted by Gasteiger charge is -2.39. The predicted molar refractivity (Wildman–Crippen MR) is 165 cm³/mol. The average Bonchev–Trinajstić information content (AvgIpc) is 3.63. The van der Waals surface area contributed by atoms with Crippen LogP contribution in [0.25, 0.3) is 16.8 Å². The van der Waals surface area contributed by atoms with E-state index in [1.807, 2.05) is 50.1 Å². The number of piperidine rings is 1. The molecule has 1 atom stereocenters. The molecule has 1 aromatic carbocycles. The van der Waals surface area contributed by atoms with Crippen LogP contribution < -0.4 is 11.1 Å². The number of carbonyl (C=O) groups is 2. The van der Waals surface area contributed by atoms with Crippen molar-refractivity contribution >= 4 is 29.2 Å². The number of benzene rings is 1. The summed E-state index contributed by atoms with van der Waals surface area (Å²) in [6.07, 6.45) is 8.86. The number of nitrogen functional groups attached to an aromatic ring is 1. The molecule has 0 bridgehead atoms. The van der Waals surface area contributed by atoms with Gasteiger partial charge >= 0.3 is 6.09 Å². The minimum absolute atomic E-state index is 0.115. The van der Waals surface area contributed by atoms with Crippen LogP contribution in [-0.4, -0.2) is 72.4 Å². The topological polar surface area (TPSA) is 131 Å². The number of likely N-dealkylation sites (tertiary alicyclic amines) is 2. The minimum Gasteiger partial charge on any atom is -0.444 e. The van der Waals surface area contributed by atoms with Crippen LogP contribution in [0.5, 0.6) is 0 Å². The Morgan fingerprint density at radius 3 is 2.44 bits per heavy atom. The van der Waals surface area contributed by atoms with Crippen molar-refractivity contribution in [3.05, 3.63) is 72.4 Å². The number of hydrogen-bond donors (Lipinski definition) is 2. The SMILES string of the molecule is CC(C)(C)OC(=O)N1CCC(N2CCC[C@H]2c2nc(-c3ccc(C(=O)Nc4ccccn4)cc3)c3c(N)nccn23)CC1. The van der Waals surface area contributed by atoms with Crippen LogP contribution in [-0.2, 0) is 4.74 Å². The molecule has 0 aliphatic carbocycles. The fraction of sp³-hybridized carbons (Fsp3) is 0.406. The Kier molecular flexibility index (Phi) is 7.74. The third kappa shape index (κ3) is 6.03. The summed E-state index contributed by atoms with van der Waals surface area (Å²) in [4.78, 5) is 43.5. The summed E-state index contributed by atoms with van der Waals surface area (Å²) >= 11 is 0. The molecule has 5 heterocycles. The summed E-state index contributed by atoms with van der Waals surface area (Å²) in [5.41, 5.74) is 8.80. The van der Waals surface area contributed by atoms with Gasteiger partial charge in [0.15, 0.2) is 0 Å². The Balaban J connectivity index is 1.23. The summed E-state index contributed by atoms with van der Waals surface area (Å²) in [5, 5.41) is 2.82. The van der Waals surface area contributed by atoms with Crippen LogP contribution in [0.3, 0.4) is 0 Å². The molecule has 11 heteroatoms. The number of ether oxygens (including phenoxy) is 1. The first-order valence-electron chi connectivity index (χ1n) is 14.9. The van der Waals surface area contributed by atoms with Gasteiger partial charge in [0, 0.05) is 48.8 Å². The lowest BCUT2D eigenvalue weighted by Crippen LogP contribution is -2.47. The Bertz CT molecular complexity index is 1610. The molecule has 2 aliphatic heterocycles. The molecule has 3 N–H and O–H groups in total. The van der Waals surface area contributed by atoms with Crippen molar-refractivity contribution < 1.29 is 14.3 Å². The Morgan fingerprint density at radius 1 is 0.977 bits per heavy atom. The summed E-state index contributed by atoms with van der Waals surface area (Å²) in [7, 11) is 0. The zero-order valence-corrected chi connectivity index (χ0v) is 24.9. The normalized spacial score (nSPS) is 18.2. The molecule has 2 aliphatic rings. The van der Waals surface area contributed by atoms with Crippen molar-refractivity contribution in [3.63, 3.8) is 0 Å². The quantitative estimate of drug-likeness (QED) is 0.330. The maximum absolute atomic E-state index is 12.8. The van der Waals surface area contributed by atoms with Gasteiger partial charge in [-0.05, 0) is 77.3 Å². The highest BCUT2D eigenvalue weighted by molar-refractivity contribution is 6.04. The number of amides is 2. The second-order valence-electron chi connectivity index (χ2n) is 12.2. The van der Waals surface area contributed by atoms with Gasteiger partial charge < -0.3 is 20.7 Å². The standard InChI is InChI=1S/C32H38N8O3/c1-32(2,3)43-31(42)38-18-13-23(14-19-38)39-17-6-7-24(39)29-37-26(27-28(33)35-16-20-40(27)29)21-9-11-22(12-10-21)30(41)36-25-8-4-5-15-34-25/h4-5,8-12,15-16,20,23-24H,6-7,13-14,17-19H2,1-3H3,(H2,33,35)(H,34,36,41)/t24-/m0/s1. The van der Waals surface area contributed by atoms with Crippen molar-refractivity contribution in [1.82, 2.24) is 29.2 Å². The molecule has 2 saturated heterocycles. The van der Waals surface area contributed by atoms with Gasteiger partial charge in [-0.1, -0.05) is 18.2 Å². The summed E-state index contributed by atoms with van der Waals surface area (Å²) < 4.78 is 7.66. The highest BCUT2D eigenvalue weighted by atomic mass is 16.6. The third-order valence-electron chi connectivity index (χ3n) is 8.11. The van der Waals surface area contributed by atoms with Crippen LogP contribution in [0.4, 0.5) is 16.4 Å². The number of aromatic nitrogens is 4. The van der Waals surface area contributed by atoms with Crippen molar-refractivity contribution in [2.24, 2.45) is 0 Å². The second-order valence-corrected chi connectivity index (χ2v) is 12.2. The van der Waals surface area contributed by atoms with Crippen molar-refractivity contribution in [2.45, 2.75) is 64.1 Å². The number of nitrogens with zero attached hydrogens (tertiary/aromatic N) is 6. The van der Waals surface area contributed by atoms with Gasteiger partial charge in [0.1, 0.15) is 34.3 Å². The average molecular weight is 583 g/mol. The van der Waals surface area contributed by atoms with Crippen molar-refractivity contribution in [1.29, 1.82) is 0 Å². The molecule has 0 spiro atoms. The highest BCUT2D eigenvalue weighted by Gasteiger charge is 2.38. The predicted octanol–water partition coefficient (Wildman–Crippen LogP) is 5.16. The highest BCUT2D eigenvalue weighted by Crippen LogP contribution is 2.39. The van der Waals surface area contributed by atoms with E-state index in [2.05, 4.69) is 24.6 Å². The molecule has 224 valence electrons. The number of nitrogens with two attached hydrogens (primary N) is 1. The molecule has 0 unspecified atom stereocenters. The minimum atomic E-state index is -0.503. The number of pyridine rings is 1. The Hall–Kier alpha value is -4.51.